The molecule has 90 valence electrons. The van der Waals surface area contributed by atoms with Crippen LogP contribution < -0.4 is 5.32 Å². The fraction of sp³-hybridized carbons (Fsp3) is 0.333. The number of hydrogen-bond donors (Lipinski definition) is 1. The van der Waals surface area contributed by atoms with Crippen molar-refractivity contribution in [3.05, 3.63) is 41.5 Å². The Hall–Kier alpha value is -1.75. The largest absolute Gasteiger partial charge is 0.311 e. The van der Waals surface area contributed by atoms with Crippen LogP contribution in [0.5, 0.6) is 0 Å². The molecule has 1 aromatic heterocycles. The molecule has 0 bridgehead atoms. The molecule has 0 amide bonds. The van der Waals surface area contributed by atoms with Gasteiger partial charge in [-0.25, -0.2) is 9.07 Å². The second kappa shape index (κ2) is 5.05. The fourth-order valence-corrected chi connectivity index (χ4v) is 1.69. The van der Waals surface area contributed by atoms with Crippen molar-refractivity contribution < 1.29 is 4.39 Å². The number of hydrogen-bond acceptors (Lipinski definition) is 3. The second-order valence-corrected chi connectivity index (χ2v) is 3.85. The highest BCUT2D eigenvalue weighted by Crippen LogP contribution is 2.15. The molecular weight excluding hydrogens is 219 g/mol. The van der Waals surface area contributed by atoms with E-state index in [4.69, 9.17) is 0 Å². The molecule has 0 saturated heterocycles. The first-order chi connectivity index (χ1) is 8.22. The highest BCUT2D eigenvalue weighted by molar-refractivity contribution is 5.40. The molecule has 1 heterocycles. The summed E-state index contributed by atoms with van der Waals surface area (Å²) < 4.78 is 14.8. The molecule has 17 heavy (non-hydrogen) atoms. The Labute approximate surface area is 99.5 Å². The number of nitrogens with zero attached hydrogens (tertiary/aromatic N) is 3. The molecular formula is C12H15FN4. The first-order valence-corrected chi connectivity index (χ1v) is 5.59. The zero-order chi connectivity index (χ0) is 12.3. The molecule has 1 N–H and O–H groups in total. The van der Waals surface area contributed by atoms with Crippen LogP contribution in [0.4, 0.5) is 4.39 Å². The monoisotopic (exact) mass is 234 g/mol. The number of rotatable bonds is 4. The van der Waals surface area contributed by atoms with Crippen LogP contribution in [-0.2, 0) is 6.54 Å². The normalized spacial score (nSPS) is 10.8. The van der Waals surface area contributed by atoms with Gasteiger partial charge in [0.25, 0.3) is 0 Å². The van der Waals surface area contributed by atoms with E-state index >= 15 is 0 Å². The van der Waals surface area contributed by atoms with Crippen LogP contribution in [0, 0.1) is 12.7 Å². The molecule has 0 fully saturated rings. The molecule has 0 aliphatic carbocycles. The Morgan fingerprint density at radius 1 is 1.41 bits per heavy atom. The van der Waals surface area contributed by atoms with E-state index in [0.29, 0.717) is 6.54 Å². The second-order valence-electron chi connectivity index (χ2n) is 3.85. The van der Waals surface area contributed by atoms with Gasteiger partial charge in [0.2, 0.25) is 0 Å². The van der Waals surface area contributed by atoms with E-state index in [1.165, 1.54) is 12.1 Å². The summed E-state index contributed by atoms with van der Waals surface area (Å²) >= 11 is 0. The van der Waals surface area contributed by atoms with Crippen LogP contribution in [0.3, 0.4) is 0 Å². The van der Waals surface area contributed by atoms with Crippen LogP contribution in [-0.4, -0.2) is 21.5 Å². The molecule has 5 heteroatoms. The van der Waals surface area contributed by atoms with Gasteiger partial charge in [0.05, 0.1) is 17.6 Å². The van der Waals surface area contributed by atoms with Crippen LogP contribution in [0.2, 0.25) is 0 Å². The maximum absolute atomic E-state index is 13.0. The molecule has 0 saturated carbocycles. The summed E-state index contributed by atoms with van der Waals surface area (Å²) in [6.45, 7) is 5.47. The van der Waals surface area contributed by atoms with Crippen molar-refractivity contribution in [2.24, 2.45) is 0 Å². The van der Waals surface area contributed by atoms with Gasteiger partial charge < -0.3 is 5.32 Å². The Kier molecular flexibility index (Phi) is 3.49. The van der Waals surface area contributed by atoms with Crippen LogP contribution in [0.25, 0.3) is 5.69 Å². The quantitative estimate of drug-likeness (QED) is 0.877. The van der Waals surface area contributed by atoms with E-state index in [1.807, 2.05) is 13.8 Å². The van der Waals surface area contributed by atoms with Crippen molar-refractivity contribution in [2.45, 2.75) is 20.4 Å². The summed E-state index contributed by atoms with van der Waals surface area (Å²) in [5.74, 6) is -0.236. The summed E-state index contributed by atoms with van der Waals surface area (Å²) in [7, 11) is 0. The molecule has 0 spiro atoms. The topological polar surface area (TPSA) is 42.7 Å². The van der Waals surface area contributed by atoms with Gasteiger partial charge in [-0.3, -0.25) is 0 Å². The Morgan fingerprint density at radius 3 is 2.94 bits per heavy atom. The Morgan fingerprint density at radius 2 is 2.24 bits per heavy atom. The SMILES string of the molecule is CCNCc1cnnn1-c1ccc(F)cc1C. The van der Waals surface area contributed by atoms with Gasteiger partial charge in [0.1, 0.15) is 5.82 Å². The fourth-order valence-electron chi connectivity index (χ4n) is 1.69. The molecule has 2 aromatic rings. The molecule has 0 unspecified atom stereocenters. The highest BCUT2D eigenvalue weighted by atomic mass is 19.1. The predicted molar refractivity (Wildman–Crippen MR) is 63.4 cm³/mol. The maximum atomic E-state index is 13.0. The Balaban J connectivity index is 2.35. The first-order valence-electron chi connectivity index (χ1n) is 5.59. The first kappa shape index (κ1) is 11.7. The molecule has 1 aromatic carbocycles. The summed E-state index contributed by atoms with van der Waals surface area (Å²) in [5, 5.41) is 11.1. The van der Waals surface area contributed by atoms with Crippen LogP contribution in [0.15, 0.2) is 24.4 Å². The van der Waals surface area contributed by atoms with E-state index in [9.17, 15) is 4.39 Å². The lowest BCUT2D eigenvalue weighted by Gasteiger charge is -2.09. The third-order valence-electron chi connectivity index (χ3n) is 2.56. The minimum atomic E-state index is -0.236. The van der Waals surface area contributed by atoms with Crippen molar-refractivity contribution in [1.82, 2.24) is 20.3 Å². The minimum absolute atomic E-state index is 0.236. The standard InChI is InChI=1S/C12H15FN4/c1-3-14-7-11-8-15-16-17(11)12-5-4-10(13)6-9(12)2/h4-6,8,14H,3,7H2,1-2H3. The van der Waals surface area contributed by atoms with E-state index in [2.05, 4.69) is 15.6 Å². The maximum Gasteiger partial charge on any atom is 0.123 e. The lowest BCUT2D eigenvalue weighted by Crippen LogP contribution is -2.15. The number of benzene rings is 1. The van der Waals surface area contributed by atoms with Gasteiger partial charge >= 0.3 is 0 Å². The smallest absolute Gasteiger partial charge is 0.123 e. The molecule has 2 rings (SSSR count). The zero-order valence-electron chi connectivity index (χ0n) is 9.94. The van der Waals surface area contributed by atoms with Gasteiger partial charge in [0, 0.05) is 6.54 Å². The molecule has 0 atom stereocenters. The van der Waals surface area contributed by atoms with Gasteiger partial charge in [-0.05, 0) is 37.2 Å². The van der Waals surface area contributed by atoms with E-state index in [0.717, 1.165) is 23.5 Å². The van der Waals surface area contributed by atoms with Gasteiger partial charge in [-0.1, -0.05) is 12.1 Å². The third-order valence-corrected chi connectivity index (χ3v) is 2.56. The highest BCUT2D eigenvalue weighted by Gasteiger charge is 2.08. The molecule has 0 aliphatic rings. The van der Waals surface area contributed by atoms with E-state index in [1.54, 1.807) is 16.9 Å². The van der Waals surface area contributed by atoms with Crippen molar-refractivity contribution >= 4 is 0 Å². The van der Waals surface area contributed by atoms with Crippen molar-refractivity contribution in [1.29, 1.82) is 0 Å². The Bertz CT molecular complexity index is 507. The summed E-state index contributed by atoms with van der Waals surface area (Å²) in [6, 6.07) is 4.64. The summed E-state index contributed by atoms with van der Waals surface area (Å²) in [4.78, 5) is 0. The van der Waals surface area contributed by atoms with Crippen LogP contribution >= 0.6 is 0 Å². The lowest BCUT2D eigenvalue weighted by atomic mass is 10.2. The molecule has 0 radical (unpaired) electrons. The van der Waals surface area contributed by atoms with Gasteiger partial charge in [0.15, 0.2) is 0 Å². The average molecular weight is 234 g/mol. The number of aromatic nitrogens is 3. The third kappa shape index (κ3) is 2.50. The van der Waals surface area contributed by atoms with Crippen molar-refractivity contribution in [3.63, 3.8) is 0 Å². The lowest BCUT2D eigenvalue weighted by molar-refractivity contribution is 0.623. The summed E-state index contributed by atoms with van der Waals surface area (Å²) in [6.07, 6.45) is 1.71. The van der Waals surface area contributed by atoms with E-state index < -0.39 is 0 Å². The predicted octanol–water partition coefficient (Wildman–Crippen LogP) is 1.82. The van der Waals surface area contributed by atoms with Crippen LogP contribution in [0.1, 0.15) is 18.2 Å². The molecule has 4 nitrogen and oxygen atoms in total. The average Bonchev–Trinajstić information content (AvgIpc) is 2.74. The van der Waals surface area contributed by atoms with Crippen molar-refractivity contribution in [3.8, 4) is 5.69 Å². The van der Waals surface area contributed by atoms with E-state index in [-0.39, 0.29) is 5.82 Å². The number of nitrogens with one attached hydrogen (secondary N) is 1. The van der Waals surface area contributed by atoms with Gasteiger partial charge in [-0.15, -0.1) is 5.10 Å². The summed E-state index contributed by atoms with van der Waals surface area (Å²) in [5.41, 5.74) is 2.66. The molecule has 0 aliphatic heterocycles. The van der Waals surface area contributed by atoms with Crippen molar-refractivity contribution in [2.75, 3.05) is 6.54 Å². The van der Waals surface area contributed by atoms with Gasteiger partial charge in [-0.2, -0.15) is 0 Å². The minimum Gasteiger partial charge on any atom is -0.311 e. The number of halogens is 1. The number of aryl methyl sites for hydroxylation is 1. The zero-order valence-corrected chi connectivity index (χ0v) is 9.94.